The lowest BCUT2D eigenvalue weighted by atomic mass is 10.1. The number of carbonyl (C=O) groups is 1. The quantitative estimate of drug-likeness (QED) is 0.453. The van der Waals surface area contributed by atoms with Crippen molar-refractivity contribution >= 4 is 34.5 Å². The Balaban J connectivity index is 1.44. The molecule has 0 spiro atoms. The zero-order chi connectivity index (χ0) is 20.9. The highest BCUT2D eigenvalue weighted by Crippen LogP contribution is 2.27. The van der Waals surface area contributed by atoms with Gasteiger partial charge in [-0.2, -0.15) is 5.10 Å². The fourth-order valence-corrected chi connectivity index (χ4v) is 3.70. The van der Waals surface area contributed by atoms with E-state index in [9.17, 15) is 9.18 Å². The van der Waals surface area contributed by atoms with Crippen LogP contribution >= 0.6 is 11.8 Å². The molecule has 30 heavy (non-hydrogen) atoms. The highest BCUT2D eigenvalue weighted by Gasteiger charge is 2.20. The number of fused-ring (bicyclic) bond motifs is 1. The number of thioether (sulfide) groups is 1. The molecule has 158 valence electrons. The number of hydrogen-bond acceptors (Lipinski definition) is 7. The predicted molar refractivity (Wildman–Crippen MR) is 113 cm³/mol. The topological polar surface area (TPSA) is 85.2 Å². The molecule has 3 aromatic rings. The summed E-state index contributed by atoms with van der Waals surface area (Å²) in [5.74, 6) is 0.443. The van der Waals surface area contributed by atoms with Crippen LogP contribution in [-0.2, 0) is 22.5 Å². The smallest absolute Gasteiger partial charge is 0.224 e. The van der Waals surface area contributed by atoms with E-state index < -0.39 is 0 Å². The van der Waals surface area contributed by atoms with Crippen LogP contribution in [0, 0.1) is 5.82 Å². The Morgan fingerprint density at radius 2 is 2.00 bits per heavy atom. The molecule has 1 N–H and O–H groups in total. The minimum atomic E-state index is -0.312. The van der Waals surface area contributed by atoms with E-state index in [1.54, 1.807) is 23.0 Å². The fraction of sp³-hybridized carbons (Fsp3) is 0.400. The maximum Gasteiger partial charge on any atom is 0.224 e. The minimum absolute atomic E-state index is 0.119. The molecule has 4 rings (SSSR count). The summed E-state index contributed by atoms with van der Waals surface area (Å²) >= 11 is 1.49. The molecule has 8 nitrogen and oxygen atoms in total. The third-order valence-corrected chi connectivity index (χ3v) is 5.42. The van der Waals surface area contributed by atoms with Gasteiger partial charge in [0.1, 0.15) is 11.6 Å². The molecule has 0 aliphatic carbocycles. The third-order valence-electron chi connectivity index (χ3n) is 4.87. The van der Waals surface area contributed by atoms with Gasteiger partial charge in [-0.1, -0.05) is 23.9 Å². The van der Waals surface area contributed by atoms with E-state index in [-0.39, 0.29) is 18.1 Å². The van der Waals surface area contributed by atoms with E-state index in [1.165, 1.54) is 23.9 Å². The SMILES string of the molecule is CSc1nc(N2CCOCC2)c2cnn(CCNC(=O)Cc3ccc(F)cc3)c2n1. The number of rotatable bonds is 7. The van der Waals surface area contributed by atoms with Crippen molar-refractivity contribution in [3.05, 3.63) is 41.8 Å². The van der Waals surface area contributed by atoms with Crippen molar-refractivity contribution in [2.75, 3.05) is 44.0 Å². The Morgan fingerprint density at radius 3 is 2.73 bits per heavy atom. The Bertz CT molecular complexity index is 1020. The van der Waals surface area contributed by atoms with Gasteiger partial charge in [0.2, 0.25) is 5.91 Å². The monoisotopic (exact) mass is 430 g/mol. The first-order valence-electron chi connectivity index (χ1n) is 9.75. The van der Waals surface area contributed by atoms with Crippen LogP contribution in [0.25, 0.3) is 11.0 Å². The summed E-state index contributed by atoms with van der Waals surface area (Å²) in [5.41, 5.74) is 1.52. The first-order chi connectivity index (χ1) is 14.6. The van der Waals surface area contributed by atoms with Crippen molar-refractivity contribution in [1.29, 1.82) is 0 Å². The second kappa shape index (κ2) is 9.40. The molecule has 1 aliphatic heterocycles. The molecule has 1 saturated heterocycles. The van der Waals surface area contributed by atoms with Crippen LogP contribution in [0.5, 0.6) is 0 Å². The normalized spacial score (nSPS) is 14.3. The Morgan fingerprint density at radius 1 is 1.23 bits per heavy atom. The van der Waals surface area contributed by atoms with Crippen LogP contribution in [0.2, 0.25) is 0 Å². The Hall–Kier alpha value is -2.72. The first kappa shape index (κ1) is 20.5. The number of carbonyl (C=O) groups excluding carboxylic acids is 1. The van der Waals surface area contributed by atoms with Crippen molar-refractivity contribution in [3.8, 4) is 0 Å². The molecular formula is C20H23FN6O2S. The summed E-state index contributed by atoms with van der Waals surface area (Å²) in [7, 11) is 0. The number of hydrogen-bond donors (Lipinski definition) is 1. The van der Waals surface area contributed by atoms with E-state index in [4.69, 9.17) is 9.72 Å². The molecule has 0 bridgehead atoms. The number of anilines is 1. The maximum atomic E-state index is 13.0. The van der Waals surface area contributed by atoms with Crippen LogP contribution in [0.4, 0.5) is 10.2 Å². The van der Waals surface area contributed by atoms with Crippen LogP contribution in [-0.4, -0.2) is 64.8 Å². The summed E-state index contributed by atoms with van der Waals surface area (Å²) < 4.78 is 20.2. The Kier molecular flexibility index (Phi) is 6.44. The summed E-state index contributed by atoms with van der Waals surface area (Å²) in [6, 6.07) is 5.94. The maximum absolute atomic E-state index is 13.0. The number of nitrogens with one attached hydrogen (secondary N) is 1. The number of aromatic nitrogens is 4. The number of morpholine rings is 1. The van der Waals surface area contributed by atoms with Crippen molar-refractivity contribution < 1.29 is 13.9 Å². The second-order valence-corrected chi connectivity index (χ2v) is 7.66. The molecule has 0 radical (unpaired) electrons. The Labute approximate surface area is 177 Å². The average molecular weight is 431 g/mol. The molecule has 1 amide bonds. The summed E-state index contributed by atoms with van der Waals surface area (Å²) in [6.07, 6.45) is 3.94. The van der Waals surface area contributed by atoms with Gasteiger partial charge in [0.05, 0.1) is 37.8 Å². The number of benzene rings is 1. The van der Waals surface area contributed by atoms with E-state index in [1.807, 2.05) is 6.26 Å². The zero-order valence-electron chi connectivity index (χ0n) is 16.7. The third kappa shape index (κ3) is 4.71. The van der Waals surface area contributed by atoms with Crippen LogP contribution < -0.4 is 10.2 Å². The van der Waals surface area contributed by atoms with Gasteiger partial charge >= 0.3 is 0 Å². The summed E-state index contributed by atoms with van der Waals surface area (Å²) in [5, 5.41) is 8.94. The van der Waals surface area contributed by atoms with Gasteiger partial charge in [-0.25, -0.2) is 19.0 Å². The van der Waals surface area contributed by atoms with Crippen LogP contribution in [0.15, 0.2) is 35.6 Å². The molecule has 2 aromatic heterocycles. The van der Waals surface area contributed by atoms with Gasteiger partial charge in [0, 0.05) is 19.6 Å². The standard InChI is InChI=1S/C20H23FN6O2S/c1-30-20-24-18(26-8-10-29-11-9-26)16-13-23-27(19(16)25-20)7-6-22-17(28)12-14-2-4-15(21)5-3-14/h2-5,13H,6-12H2,1H3,(H,22,28). The van der Waals surface area contributed by atoms with Gasteiger partial charge < -0.3 is 15.0 Å². The molecule has 0 atom stereocenters. The van der Waals surface area contributed by atoms with E-state index in [2.05, 4.69) is 20.3 Å². The van der Waals surface area contributed by atoms with Gasteiger partial charge in [-0.15, -0.1) is 0 Å². The van der Waals surface area contributed by atoms with E-state index >= 15 is 0 Å². The highest BCUT2D eigenvalue weighted by molar-refractivity contribution is 7.98. The zero-order valence-corrected chi connectivity index (χ0v) is 17.5. The van der Waals surface area contributed by atoms with Gasteiger partial charge in [-0.05, 0) is 24.0 Å². The van der Waals surface area contributed by atoms with Crippen molar-refractivity contribution in [3.63, 3.8) is 0 Å². The number of nitrogens with zero attached hydrogens (tertiary/aromatic N) is 5. The largest absolute Gasteiger partial charge is 0.378 e. The van der Waals surface area contributed by atoms with Crippen LogP contribution in [0.1, 0.15) is 5.56 Å². The molecule has 0 saturated carbocycles. The van der Waals surface area contributed by atoms with Gasteiger partial charge in [0.15, 0.2) is 10.8 Å². The highest BCUT2D eigenvalue weighted by atomic mass is 32.2. The van der Waals surface area contributed by atoms with Crippen molar-refractivity contribution in [2.45, 2.75) is 18.1 Å². The molecule has 1 aliphatic rings. The number of amides is 1. The molecule has 3 heterocycles. The first-order valence-corrected chi connectivity index (χ1v) is 11.0. The fourth-order valence-electron chi connectivity index (χ4n) is 3.34. The molecule has 10 heteroatoms. The predicted octanol–water partition coefficient (Wildman–Crippen LogP) is 1.88. The van der Waals surface area contributed by atoms with Gasteiger partial charge in [0.25, 0.3) is 0 Å². The average Bonchev–Trinajstić information content (AvgIpc) is 3.18. The lowest BCUT2D eigenvalue weighted by Gasteiger charge is -2.28. The lowest BCUT2D eigenvalue weighted by Crippen LogP contribution is -2.37. The molecular weight excluding hydrogens is 407 g/mol. The number of halogens is 1. The molecule has 0 unspecified atom stereocenters. The lowest BCUT2D eigenvalue weighted by molar-refractivity contribution is -0.120. The summed E-state index contributed by atoms with van der Waals surface area (Å²) in [4.78, 5) is 23.7. The minimum Gasteiger partial charge on any atom is -0.378 e. The second-order valence-electron chi connectivity index (χ2n) is 6.89. The van der Waals surface area contributed by atoms with Crippen molar-refractivity contribution in [1.82, 2.24) is 25.1 Å². The van der Waals surface area contributed by atoms with E-state index in [0.29, 0.717) is 31.5 Å². The van der Waals surface area contributed by atoms with Crippen LogP contribution in [0.3, 0.4) is 0 Å². The van der Waals surface area contributed by atoms with E-state index in [0.717, 1.165) is 35.5 Å². The number of ether oxygens (including phenoxy) is 1. The van der Waals surface area contributed by atoms with Gasteiger partial charge in [-0.3, -0.25) is 4.79 Å². The summed E-state index contributed by atoms with van der Waals surface area (Å²) in [6.45, 7) is 3.83. The molecule has 1 aromatic carbocycles. The molecule has 1 fully saturated rings. The van der Waals surface area contributed by atoms with Crippen molar-refractivity contribution in [2.24, 2.45) is 0 Å².